The molecule has 0 saturated heterocycles. The fourth-order valence-corrected chi connectivity index (χ4v) is 1.82. The van der Waals surface area contributed by atoms with Gasteiger partial charge in [0, 0.05) is 11.3 Å². The van der Waals surface area contributed by atoms with Crippen LogP contribution in [0, 0.1) is 11.3 Å². The number of alkyl halides is 2. The average molecular weight is 378 g/mol. The van der Waals surface area contributed by atoms with Gasteiger partial charge in [0.25, 0.3) is 0 Å². The fourth-order valence-electron chi connectivity index (χ4n) is 1.82. The van der Waals surface area contributed by atoms with Gasteiger partial charge in [-0.2, -0.15) is 0 Å². The van der Waals surface area contributed by atoms with E-state index < -0.39 is 72.5 Å². The van der Waals surface area contributed by atoms with Gasteiger partial charge in [0.05, 0.1) is 13.1 Å². The molecule has 3 unspecified atom stereocenters. The lowest BCUT2D eigenvalue weighted by Crippen LogP contribution is -2.57. The van der Waals surface area contributed by atoms with Crippen LogP contribution in [0.2, 0.25) is 0 Å². The van der Waals surface area contributed by atoms with Gasteiger partial charge < -0.3 is 15.7 Å². The summed E-state index contributed by atoms with van der Waals surface area (Å²) in [6.07, 6.45) is -0.958. The second-order valence-corrected chi connectivity index (χ2v) is 6.91. The standard InChI is InChI=1S/C16H24F2N2O6/c1-8(6-17)12(20-15(26)16(2,3)4)14(25)19-9(5-11(22)23)13(24)10(21)7-18/h8-9,12H,5-7H2,1-4H3,(H,19,25)(H,20,26)(H,22,23). The predicted octanol–water partition coefficient (Wildman–Crippen LogP) is 0.190. The summed E-state index contributed by atoms with van der Waals surface area (Å²) in [5, 5.41) is 13.1. The Hall–Kier alpha value is -2.39. The molecule has 8 nitrogen and oxygen atoms in total. The Balaban J connectivity index is 5.45. The van der Waals surface area contributed by atoms with Gasteiger partial charge in [-0.15, -0.1) is 0 Å². The number of carbonyl (C=O) groups excluding carboxylic acids is 4. The van der Waals surface area contributed by atoms with Gasteiger partial charge in [0.15, 0.2) is 6.67 Å². The van der Waals surface area contributed by atoms with Gasteiger partial charge in [0.1, 0.15) is 12.1 Å². The monoisotopic (exact) mass is 378 g/mol. The number of amides is 2. The van der Waals surface area contributed by atoms with Crippen molar-refractivity contribution in [3.8, 4) is 0 Å². The molecule has 0 bridgehead atoms. The van der Waals surface area contributed by atoms with Crippen LogP contribution in [0.25, 0.3) is 0 Å². The quantitative estimate of drug-likeness (QED) is 0.465. The lowest BCUT2D eigenvalue weighted by molar-refractivity contribution is -0.144. The van der Waals surface area contributed by atoms with Crippen LogP contribution in [-0.2, 0) is 24.0 Å². The third kappa shape index (κ3) is 7.24. The van der Waals surface area contributed by atoms with Gasteiger partial charge in [-0.3, -0.25) is 28.4 Å². The van der Waals surface area contributed by atoms with Crippen LogP contribution in [0.4, 0.5) is 8.78 Å². The molecule has 10 heteroatoms. The van der Waals surface area contributed by atoms with E-state index in [1.165, 1.54) is 6.92 Å². The van der Waals surface area contributed by atoms with Crippen molar-refractivity contribution in [2.75, 3.05) is 13.3 Å². The number of Topliss-reactive ketones (excluding diaryl/α,β-unsaturated/α-hetero) is 2. The molecule has 148 valence electrons. The lowest BCUT2D eigenvalue weighted by atomic mass is 9.93. The van der Waals surface area contributed by atoms with E-state index in [1.54, 1.807) is 20.8 Å². The average Bonchev–Trinajstić information content (AvgIpc) is 2.55. The number of nitrogens with one attached hydrogen (secondary N) is 2. The molecule has 3 atom stereocenters. The minimum atomic E-state index is -1.82. The molecule has 0 radical (unpaired) electrons. The summed E-state index contributed by atoms with van der Waals surface area (Å²) in [6, 6.07) is -3.22. The van der Waals surface area contributed by atoms with Crippen molar-refractivity contribution in [3.05, 3.63) is 0 Å². The third-order valence-corrected chi connectivity index (χ3v) is 3.47. The Morgan fingerprint density at radius 3 is 1.96 bits per heavy atom. The number of hydrogen-bond acceptors (Lipinski definition) is 5. The SMILES string of the molecule is CC(CF)C(NC(=O)C(C)(C)C)C(=O)NC(CC(=O)O)C(=O)C(=O)CF. The molecule has 0 aliphatic heterocycles. The number of carboxylic acids is 1. The number of hydrogen-bond donors (Lipinski definition) is 3. The van der Waals surface area contributed by atoms with E-state index >= 15 is 0 Å². The highest BCUT2D eigenvalue weighted by molar-refractivity contribution is 6.40. The first kappa shape index (κ1) is 23.6. The number of halogens is 2. The molecule has 0 fully saturated rings. The molecule has 0 aromatic heterocycles. The van der Waals surface area contributed by atoms with Crippen LogP contribution in [-0.4, -0.2) is 59.9 Å². The summed E-state index contributed by atoms with van der Waals surface area (Å²) in [5.74, 6) is -7.02. The van der Waals surface area contributed by atoms with Crippen molar-refractivity contribution < 1.29 is 37.9 Å². The van der Waals surface area contributed by atoms with Crippen LogP contribution in [0.15, 0.2) is 0 Å². The highest BCUT2D eigenvalue weighted by atomic mass is 19.1. The van der Waals surface area contributed by atoms with E-state index in [2.05, 4.69) is 5.32 Å². The molecule has 0 aromatic carbocycles. The highest BCUT2D eigenvalue weighted by Gasteiger charge is 2.35. The maximum atomic E-state index is 13.0. The zero-order chi connectivity index (χ0) is 20.7. The Morgan fingerprint density at radius 1 is 1.04 bits per heavy atom. The molecular weight excluding hydrogens is 354 g/mol. The van der Waals surface area contributed by atoms with Gasteiger partial charge in [-0.1, -0.05) is 27.7 Å². The fraction of sp³-hybridized carbons (Fsp3) is 0.688. The van der Waals surface area contributed by atoms with E-state index in [1.807, 2.05) is 5.32 Å². The van der Waals surface area contributed by atoms with Crippen molar-refractivity contribution >= 4 is 29.4 Å². The van der Waals surface area contributed by atoms with E-state index in [4.69, 9.17) is 5.11 Å². The van der Waals surface area contributed by atoms with E-state index in [0.717, 1.165) is 0 Å². The van der Waals surface area contributed by atoms with Crippen LogP contribution >= 0.6 is 0 Å². The second kappa shape index (κ2) is 9.93. The van der Waals surface area contributed by atoms with Crippen LogP contribution < -0.4 is 10.6 Å². The maximum Gasteiger partial charge on any atom is 0.305 e. The largest absolute Gasteiger partial charge is 0.481 e. The van der Waals surface area contributed by atoms with Crippen LogP contribution in [0.5, 0.6) is 0 Å². The minimum absolute atomic E-state index is 0.570. The summed E-state index contributed by atoms with van der Waals surface area (Å²) in [6.45, 7) is 3.39. The zero-order valence-electron chi connectivity index (χ0n) is 15.1. The summed E-state index contributed by atoms with van der Waals surface area (Å²) < 4.78 is 25.4. The summed E-state index contributed by atoms with van der Waals surface area (Å²) in [4.78, 5) is 58.2. The normalized spacial score (nSPS) is 14.7. The van der Waals surface area contributed by atoms with E-state index in [0.29, 0.717) is 0 Å². The Labute approximate surface area is 149 Å². The lowest BCUT2D eigenvalue weighted by Gasteiger charge is -2.28. The highest BCUT2D eigenvalue weighted by Crippen LogP contribution is 2.15. The van der Waals surface area contributed by atoms with Crippen molar-refractivity contribution in [2.45, 2.75) is 46.2 Å². The molecule has 26 heavy (non-hydrogen) atoms. The van der Waals surface area contributed by atoms with Crippen LogP contribution in [0.3, 0.4) is 0 Å². The molecule has 0 aromatic rings. The smallest absolute Gasteiger partial charge is 0.305 e. The molecule has 0 spiro atoms. The van der Waals surface area contributed by atoms with Gasteiger partial charge in [-0.25, -0.2) is 4.39 Å². The predicted molar refractivity (Wildman–Crippen MR) is 86.7 cm³/mol. The van der Waals surface area contributed by atoms with Crippen molar-refractivity contribution in [1.29, 1.82) is 0 Å². The zero-order valence-corrected chi connectivity index (χ0v) is 15.1. The maximum absolute atomic E-state index is 13.0. The Bertz CT molecular complexity index is 574. The molecule has 0 saturated carbocycles. The summed E-state index contributed by atoms with van der Waals surface area (Å²) >= 11 is 0. The van der Waals surface area contributed by atoms with Crippen LogP contribution in [0.1, 0.15) is 34.1 Å². The number of ketones is 2. The molecule has 0 rings (SSSR count). The topological polar surface area (TPSA) is 130 Å². The molecule has 0 heterocycles. The summed E-state index contributed by atoms with van der Waals surface area (Å²) in [7, 11) is 0. The molecule has 0 aliphatic rings. The molecule has 0 aliphatic carbocycles. The number of rotatable bonds is 10. The van der Waals surface area contributed by atoms with Crippen molar-refractivity contribution in [1.82, 2.24) is 10.6 Å². The molecular formula is C16H24F2N2O6. The number of carbonyl (C=O) groups is 5. The molecule has 2 amide bonds. The number of aliphatic carboxylic acids is 1. The minimum Gasteiger partial charge on any atom is -0.481 e. The van der Waals surface area contributed by atoms with E-state index in [9.17, 15) is 32.8 Å². The summed E-state index contributed by atoms with van der Waals surface area (Å²) in [5.41, 5.74) is -0.894. The van der Waals surface area contributed by atoms with Crippen molar-refractivity contribution in [3.63, 3.8) is 0 Å². The Kier molecular flexibility index (Phi) is 9.02. The van der Waals surface area contributed by atoms with E-state index in [-0.39, 0.29) is 0 Å². The van der Waals surface area contributed by atoms with Gasteiger partial charge >= 0.3 is 5.97 Å². The molecule has 3 N–H and O–H groups in total. The third-order valence-electron chi connectivity index (χ3n) is 3.47. The van der Waals surface area contributed by atoms with Gasteiger partial charge in [0.2, 0.25) is 23.4 Å². The van der Waals surface area contributed by atoms with Crippen molar-refractivity contribution in [2.24, 2.45) is 11.3 Å². The first-order chi connectivity index (χ1) is 11.8. The second-order valence-electron chi connectivity index (χ2n) is 6.91. The Morgan fingerprint density at radius 2 is 1.58 bits per heavy atom. The first-order valence-corrected chi connectivity index (χ1v) is 7.87. The number of carboxylic acid groups (broad SMARTS) is 1. The van der Waals surface area contributed by atoms with Gasteiger partial charge in [-0.05, 0) is 0 Å². The first-order valence-electron chi connectivity index (χ1n) is 7.87.